The second-order valence-corrected chi connectivity index (χ2v) is 5.41. The first-order valence-corrected chi connectivity index (χ1v) is 6.22. The van der Waals surface area contributed by atoms with Gasteiger partial charge in [-0.05, 0) is 27.7 Å². The molecule has 0 saturated carbocycles. The molecule has 1 aromatic rings. The van der Waals surface area contributed by atoms with E-state index in [1.54, 1.807) is 27.7 Å². The van der Waals surface area contributed by atoms with Crippen molar-refractivity contribution in [2.75, 3.05) is 5.73 Å². The van der Waals surface area contributed by atoms with Crippen molar-refractivity contribution >= 4 is 17.4 Å². The third-order valence-corrected chi connectivity index (χ3v) is 2.09. The summed E-state index contributed by atoms with van der Waals surface area (Å²) >= 11 is 0. The molecule has 1 aromatic heterocycles. The van der Waals surface area contributed by atoms with Gasteiger partial charge in [0, 0.05) is 6.42 Å². The van der Waals surface area contributed by atoms with Crippen LogP contribution in [0.1, 0.15) is 34.1 Å². The SMILES string of the molecule is C[C@@H](CC(=N)C(=O)OC(C)(C)C)Oc1ncc(N)cn1. The number of esters is 1. The molecular formula is C13H20N4O3. The molecule has 7 nitrogen and oxygen atoms in total. The zero-order valence-corrected chi connectivity index (χ0v) is 12.1. The fourth-order valence-electron chi connectivity index (χ4n) is 1.32. The number of nitrogens with two attached hydrogens (primary N) is 1. The van der Waals surface area contributed by atoms with E-state index in [-0.39, 0.29) is 18.1 Å². The van der Waals surface area contributed by atoms with E-state index in [1.165, 1.54) is 12.4 Å². The van der Waals surface area contributed by atoms with E-state index in [0.29, 0.717) is 5.69 Å². The topological polar surface area (TPSA) is 111 Å². The highest BCUT2D eigenvalue weighted by Crippen LogP contribution is 2.11. The Hall–Kier alpha value is -2.18. The molecule has 1 rings (SSSR count). The van der Waals surface area contributed by atoms with Gasteiger partial charge in [0.05, 0.1) is 18.1 Å². The maximum absolute atomic E-state index is 11.6. The van der Waals surface area contributed by atoms with Crippen molar-refractivity contribution in [3.05, 3.63) is 12.4 Å². The molecule has 0 aliphatic heterocycles. The molecule has 0 aliphatic rings. The minimum absolute atomic E-state index is 0.114. The molecule has 0 aliphatic carbocycles. The van der Waals surface area contributed by atoms with E-state index in [4.69, 9.17) is 20.6 Å². The smallest absolute Gasteiger partial charge is 0.352 e. The van der Waals surface area contributed by atoms with Crippen LogP contribution < -0.4 is 10.5 Å². The van der Waals surface area contributed by atoms with E-state index in [2.05, 4.69) is 9.97 Å². The van der Waals surface area contributed by atoms with Gasteiger partial charge >= 0.3 is 12.0 Å². The molecule has 0 bridgehead atoms. The Labute approximate surface area is 118 Å². The minimum Gasteiger partial charge on any atom is -0.460 e. The van der Waals surface area contributed by atoms with Crippen LogP contribution in [-0.4, -0.2) is 33.4 Å². The van der Waals surface area contributed by atoms with Crippen molar-refractivity contribution in [2.45, 2.75) is 45.8 Å². The van der Waals surface area contributed by atoms with Gasteiger partial charge in [-0.2, -0.15) is 0 Å². The first-order valence-electron chi connectivity index (χ1n) is 6.22. The number of nitrogen functional groups attached to an aromatic ring is 1. The Balaban J connectivity index is 2.49. The molecule has 1 heterocycles. The number of nitrogens with zero attached hydrogens (tertiary/aromatic N) is 2. The molecule has 0 saturated heterocycles. The molecule has 0 amide bonds. The zero-order chi connectivity index (χ0) is 15.3. The normalized spacial score (nSPS) is 12.6. The lowest BCUT2D eigenvalue weighted by Crippen LogP contribution is -2.31. The van der Waals surface area contributed by atoms with Crippen molar-refractivity contribution in [1.82, 2.24) is 9.97 Å². The first kappa shape index (κ1) is 15.9. The minimum atomic E-state index is -0.647. The van der Waals surface area contributed by atoms with Crippen LogP contribution in [0.2, 0.25) is 0 Å². The zero-order valence-electron chi connectivity index (χ0n) is 12.1. The highest BCUT2D eigenvalue weighted by atomic mass is 16.6. The Bertz CT molecular complexity index is 479. The second-order valence-electron chi connectivity index (χ2n) is 5.41. The molecule has 0 unspecified atom stereocenters. The highest BCUT2D eigenvalue weighted by molar-refractivity contribution is 6.35. The quantitative estimate of drug-likeness (QED) is 0.625. The average molecular weight is 280 g/mol. The summed E-state index contributed by atoms with van der Waals surface area (Å²) in [7, 11) is 0. The van der Waals surface area contributed by atoms with Crippen molar-refractivity contribution in [1.29, 1.82) is 5.41 Å². The first-order chi connectivity index (χ1) is 9.17. The van der Waals surface area contributed by atoms with Crippen molar-refractivity contribution in [2.24, 2.45) is 0 Å². The molecule has 0 fully saturated rings. The summed E-state index contributed by atoms with van der Waals surface area (Å²) in [6.45, 7) is 6.97. The predicted octanol–water partition coefficient (Wildman–Crippen LogP) is 1.58. The van der Waals surface area contributed by atoms with E-state index >= 15 is 0 Å². The number of ether oxygens (including phenoxy) is 2. The van der Waals surface area contributed by atoms with Crippen LogP contribution in [0.5, 0.6) is 6.01 Å². The summed E-state index contributed by atoms with van der Waals surface area (Å²) in [6.07, 6.45) is 2.55. The standard InChI is InChI=1S/C13H20N4O3/c1-8(19-12-16-6-9(14)7-17-12)5-10(15)11(18)20-13(2,3)4/h6-8,15H,5,14H2,1-4H3/t8-/m0/s1. The second kappa shape index (κ2) is 6.31. The number of rotatable bonds is 5. The van der Waals surface area contributed by atoms with Gasteiger partial charge in [-0.25, -0.2) is 14.8 Å². The predicted molar refractivity (Wildman–Crippen MR) is 74.7 cm³/mol. The Morgan fingerprint density at radius 1 is 1.40 bits per heavy atom. The third kappa shape index (κ3) is 5.64. The van der Waals surface area contributed by atoms with Gasteiger partial charge in [0.25, 0.3) is 0 Å². The van der Waals surface area contributed by atoms with E-state index in [1.807, 2.05) is 0 Å². The van der Waals surface area contributed by atoms with Crippen molar-refractivity contribution in [3.8, 4) is 6.01 Å². The molecule has 0 radical (unpaired) electrons. The summed E-state index contributed by atoms with van der Waals surface area (Å²) < 4.78 is 10.5. The average Bonchev–Trinajstić information content (AvgIpc) is 2.29. The number of hydrogen-bond acceptors (Lipinski definition) is 7. The lowest BCUT2D eigenvalue weighted by Gasteiger charge is -2.20. The van der Waals surface area contributed by atoms with Crippen molar-refractivity contribution in [3.63, 3.8) is 0 Å². The van der Waals surface area contributed by atoms with Gasteiger partial charge < -0.3 is 15.2 Å². The molecule has 110 valence electrons. The number of carbonyl (C=O) groups is 1. The maximum atomic E-state index is 11.6. The number of nitrogens with one attached hydrogen (secondary N) is 1. The number of anilines is 1. The highest BCUT2D eigenvalue weighted by Gasteiger charge is 2.22. The number of aromatic nitrogens is 2. The lowest BCUT2D eigenvalue weighted by atomic mass is 10.1. The van der Waals surface area contributed by atoms with Crippen LogP contribution in [0, 0.1) is 5.41 Å². The van der Waals surface area contributed by atoms with Crippen LogP contribution in [0.4, 0.5) is 5.69 Å². The summed E-state index contributed by atoms with van der Waals surface area (Å²) in [5.74, 6) is -0.647. The molecule has 7 heteroatoms. The summed E-state index contributed by atoms with van der Waals surface area (Å²) in [5.41, 5.74) is 5.13. The summed E-state index contributed by atoms with van der Waals surface area (Å²) in [5, 5.41) is 7.69. The molecule has 1 atom stereocenters. The molecule has 0 spiro atoms. The van der Waals surface area contributed by atoms with Crippen LogP contribution in [0.3, 0.4) is 0 Å². The lowest BCUT2D eigenvalue weighted by molar-refractivity contribution is -0.146. The third-order valence-electron chi connectivity index (χ3n) is 2.09. The van der Waals surface area contributed by atoms with Gasteiger partial charge in [-0.15, -0.1) is 0 Å². The van der Waals surface area contributed by atoms with E-state index in [9.17, 15) is 4.79 Å². The van der Waals surface area contributed by atoms with E-state index < -0.39 is 17.7 Å². The molecule has 3 N–H and O–H groups in total. The van der Waals surface area contributed by atoms with Gasteiger partial charge in [-0.3, -0.25) is 5.41 Å². The Morgan fingerprint density at radius 3 is 2.45 bits per heavy atom. The Morgan fingerprint density at radius 2 is 1.95 bits per heavy atom. The van der Waals surface area contributed by atoms with Crippen LogP contribution in [0.15, 0.2) is 12.4 Å². The van der Waals surface area contributed by atoms with Gasteiger partial charge in [0.15, 0.2) is 0 Å². The number of carbonyl (C=O) groups excluding carboxylic acids is 1. The maximum Gasteiger partial charge on any atom is 0.352 e. The van der Waals surface area contributed by atoms with Gasteiger partial charge in [-0.1, -0.05) is 0 Å². The largest absolute Gasteiger partial charge is 0.460 e. The fourth-order valence-corrected chi connectivity index (χ4v) is 1.32. The summed E-state index contributed by atoms with van der Waals surface area (Å²) in [6, 6.07) is 0.156. The fraction of sp³-hybridized carbons (Fsp3) is 0.538. The van der Waals surface area contributed by atoms with Gasteiger partial charge in [0.2, 0.25) is 0 Å². The van der Waals surface area contributed by atoms with Gasteiger partial charge in [0.1, 0.15) is 17.4 Å². The van der Waals surface area contributed by atoms with Crippen LogP contribution >= 0.6 is 0 Å². The van der Waals surface area contributed by atoms with Crippen LogP contribution in [-0.2, 0) is 9.53 Å². The van der Waals surface area contributed by atoms with Crippen molar-refractivity contribution < 1.29 is 14.3 Å². The van der Waals surface area contributed by atoms with E-state index in [0.717, 1.165) is 0 Å². The van der Waals surface area contributed by atoms with Crippen LogP contribution in [0.25, 0.3) is 0 Å². The Kier molecular flexibility index (Phi) is 5.01. The molecular weight excluding hydrogens is 260 g/mol. The molecule has 0 aromatic carbocycles. The monoisotopic (exact) mass is 280 g/mol. The molecule has 20 heavy (non-hydrogen) atoms. The number of hydrogen-bond donors (Lipinski definition) is 2. The summed E-state index contributed by atoms with van der Waals surface area (Å²) in [4.78, 5) is 19.4.